The van der Waals surface area contributed by atoms with Crippen molar-refractivity contribution in [2.24, 2.45) is 0 Å². The third kappa shape index (κ3) is 11.4. The molecule has 0 aromatic rings. The van der Waals surface area contributed by atoms with E-state index in [1.54, 1.807) is 0 Å². The van der Waals surface area contributed by atoms with Crippen molar-refractivity contribution in [2.45, 2.75) is 12.8 Å². The molecule has 0 fully saturated rings. The molecular weight excluding hydrogens is 188 g/mol. The Kier molecular flexibility index (Phi) is 6.59. The summed E-state index contributed by atoms with van der Waals surface area (Å²) >= 11 is 0. The first-order valence-corrected chi connectivity index (χ1v) is 6.04. The Morgan fingerprint density at radius 2 is 2.00 bits per heavy atom. The molecule has 0 saturated carbocycles. The number of unbranched alkanes of at least 4 members (excludes halogenated alkanes) is 1. The zero-order valence-corrected chi connectivity index (χ0v) is 8.65. The van der Waals surface area contributed by atoms with E-state index >= 15 is 0 Å². The fourth-order valence-corrected chi connectivity index (χ4v) is 1.24. The number of rotatable bonds is 7. The lowest BCUT2D eigenvalue weighted by Gasteiger charge is -2.03. The lowest BCUT2D eigenvalue weighted by Crippen LogP contribution is -2.31. The van der Waals surface area contributed by atoms with Crippen LogP contribution in [0.25, 0.3) is 0 Å². The highest BCUT2D eigenvalue weighted by molar-refractivity contribution is 7.88. The minimum absolute atomic E-state index is 0.425. The van der Waals surface area contributed by atoms with Crippen molar-refractivity contribution < 1.29 is 8.42 Å². The molecule has 0 aliphatic heterocycles. The van der Waals surface area contributed by atoms with Gasteiger partial charge in [-0.3, -0.25) is 0 Å². The van der Waals surface area contributed by atoms with E-state index in [0.29, 0.717) is 13.1 Å². The van der Waals surface area contributed by atoms with Crippen LogP contribution in [0, 0.1) is 12.3 Å². The van der Waals surface area contributed by atoms with Gasteiger partial charge in [-0.15, -0.1) is 12.3 Å². The fraction of sp³-hybridized carbons (Fsp3) is 0.750. The normalized spacial score (nSPS) is 11.1. The molecule has 0 aromatic carbocycles. The highest BCUT2D eigenvalue weighted by Crippen LogP contribution is 1.81. The Morgan fingerprint density at radius 3 is 2.54 bits per heavy atom. The van der Waals surface area contributed by atoms with Gasteiger partial charge in [-0.1, -0.05) is 0 Å². The molecule has 0 aliphatic carbocycles. The first-order chi connectivity index (χ1) is 6.06. The van der Waals surface area contributed by atoms with Gasteiger partial charge in [0.15, 0.2) is 0 Å². The van der Waals surface area contributed by atoms with Gasteiger partial charge in [0.25, 0.3) is 0 Å². The van der Waals surface area contributed by atoms with Crippen LogP contribution in [0.2, 0.25) is 0 Å². The molecule has 5 heteroatoms. The smallest absolute Gasteiger partial charge is 0.208 e. The summed E-state index contributed by atoms with van der Waals surface area (Å²) in [6.45, 7) is 1.89. The van der Waals surface area contributed by atoms with Crippen molar-refractivity contribution in [1.82, 2.24) is 10.0 Å². The standard InChI is InChI=1S/C8H16N2O2S/c1-3-4-5-6-9-7-8-10-13(2,11)12/h1,9-10H,4-8H2,2H3. The van der Waals surface area contributed by atoms with Gasteiger partial charge in [0.1, 0.15) is 0 Å². The van der Waals surface area contributed by atoms with Crippen molar-refractivity contribution in [1.29, 1.82) is 0 Å². The maximum atomic E-state index is 10.6. The summed E-state index contributed by atoms with van der Waals surface area (Å²) in [7, 11) is -3.04. The Balaban J connectivity index is 3.14. The number of sulfonamides is 1. The quantitative estimate of drug-likeness (QED) is 0.436. The maximum absolute atomic E-state index is 10.6. The van der Waals surface area contributed by atoms with E-state index in [0.717, 1.165) is 25.6 Å². The van der Waals surface area contributed by atoms with Crippen LogP contribution in [-0.2, 0) is 10.0 Å². The molecule has 76 valence electrons. The van der Waals surface area contributed by atoms with Crippen molar-refractivity contribution in [3.8, 4) is 12.3 Å². The van der Waals surface area contributed by atoms with Gasteiger partial charge >= 0.3 is 0 Å². The molecule has 0 amide bonds. The summed E-state index contributed by atoms with van der Waals surface area (Å²) in [4.78, 5) is 0. The summed E-state index contributed by atoms with van der Waals surface area (Å²) in [5.74, 6) is 2.53. The van der Waals surface area contributed by atoms with Gasteiger partial charge in [0, 0.05) is 19.5 Å². The first kappa shape index (κ1) is 12.4. The molecule has 0 atom stereocenters. The Morgan fingerprint density at radius 1 is 1.31 bits per heavy atom. The third-order valence-electron chi connectivity index (χ3n) is 1.34. The maximum Gasteiger partial charge on any atom is 0.208 e. The monoisotopic (exact) mass is 204 g/mol. The molecule has 0 aliphatic rings. The summed E-state index contributed by atoms with van der Waals surface area (Å²) in [6.07, 6.45) is 7.88. The van der Waals surface area contributed by atoms with Gasteiger partial charge in [-0.25, -0.2) is 13.1 Å². The van der Waals surface area contributed by atoms with E-state index in [1.807, 2.05) is 0 Å². The van der Waals surface area contributed by atoms with Crippen LogP contribution < -0.4 is 10.0 Å². The first-order valence-electron chi connectivity index (χ1n) is 4.15. The number of terminal acetylenes is 1. The minimum Gasteiger partial charge on any atom is -0.315 e. The third-order valence-corrected chi connectivity index (χ3v) is 2.07. The number of hydrogen-bond donors (Lipinski definition) is 2. The fourth-order valence-electron chi connectivity index (χ4n) is 0.765. The van der Waals surface area contributed by atoms with Crippen LogP contribution >= 0.6 is 0 Å². The molecule has 4 nitrogen and oxygen atoms in total. The van der Waals surface area contributed by atoms with Gasteiger partial charge in [0.05, 0.1) is 6.26 Å². The Hall–Kier alpha value is -0.570. The lowest BCUT2D eigenvalue weighted by molar-refractivity contribution is 0.580. The van der Waals surface area contributed by atoms with Crippen molar-refractivity contribution in [2.75, 3.05) is 25.9 Å². The molecule has 13 heavy (non-hydrogen) atoms. The van der Waals surface area contributed by atoms with E-state index in [-0.39, 0.29) is 0 Å². The van der Waals surface area contributed by atoms with Gasteiger partial charge < -0.3 is 5.32 Å². The second kappa shape index (κ2) is 6.89. The average molecular weight is 204 g/mol. The zero-order valence-electron chi connectivity index (χ0n) is 7.84. The summed E-state index contributed by atoms with van der Waals surface area (Å²) < 4.78 is 23.6. The van der Waals surface area contributed by atoms with E-state index in [1.165, 1.54) is 0 Å². The molecule has 0 aromatic heterocycles. The largest absolute Gasteiger partial charge is 0.315 e. The molecule has 0 saturated heterocycles. The van der Waals surface area contributed by atoms with Gasteiger partial charge in [-0.05, 0) is 13.0 Å². The van der Waals surface area contributed by atoms with Crippen LogP contribution in [0.5, 0.6) is 0 Å². The summed E-state index contributed by atoms with van der Waals surface area (Å²) in [5, 5.41) is 3.07. The number of hydrogen-bond acceptors (Lipinski definition) is 3. The van der Waals surface area contributed by atoms with Crippen LogP contribution in [0.4, 0.5) is 0 Å². The molecule has 0 spiro atoms. The van der Waals surface area contributed by atoms with Crippen LogP contribution in [0.1, 0.15) is 12.8 Å². The zero-order chi connectivity index (χ0) is 10.2. The second-order valence-electron chi connectivity index (χ2n) is 2.72. The highest BCUT2D eigenvalue weighted by atomic mass is 32.2. The summed E-state index contributed by atoms with van der Waals surface area (Å²) in [5.41, 5.74) is 0. The van der Waals surface area contributed by atoms with Crippen molar-refractivity contribution in [3.63, 3.8) is 0 Å². The van der Waals surface area contributed by atoms with E-state index < -0.39 is 10.0 Å². The Labute approximate surface area is 80.2 Å². The molecule has 0 rings (SSSR count). The van der Waals surface area contributed by atoms with Gasteiger partial charge in [0.2, 0.25) is 10.0 Å². The molecular formula is C8H16N2O2S. The topological polar surface area (TPSA) is 58.2 Å². The van der Waals surface area contributed by atoms with Crippen molar-refractivity contribution in [3.05, 3.63) is 0 Å². The van der Waals surface area contributed by atoms with E-state index in [9.17, 15) is 8.42 Å². The minimum atomic E-state index is -3.04. The summed E-state index contributed by atoms with van der Waals surface area (Å²) in [6, 6.07) is 0. The predicted molar refractivity (Wildman–Crippen MR) is 53.8 cm³/mol. The molecule has 0 radical (unpaired) electrons. The predicted octanol–water partition coefficient (Wildman–Crippen LogP) is -0.461. The average Bonchev–Trinajstić information content (AvgIpc) is 2.01. The SMILES string of the molecule is C#CCCCNCCNS(C)(=O)=O. The van der Waals surface area contributed by atoms with Crippen molar-refractivity contribution >= 4 is 10.0 Å². The van der Waals surface area contributed by atoms with Crippen LogP contribution in [0.3, 0.4) is 0 Å². The second-order valence-corrected chi connectivity index (χ2v) is 4.56. The molecule has 2 N–H and O–H groups in total. The lowest BCUT2D eigenvalue weighted by atomic mass is 10.3. The Bertz CT molecular complexity index is 254. The molecule has 0 unspecified atom stereocenters. The van der Waals surface area contributed by atoms with Gasteiger partial charge in [-0.2, -0.15) is 0 Å². The van der Waals surface area contributed by atoms with Crippen LogP contribution in [0.15, 0.2) is 0 Å². The highest BCUT2D eigenvalue weighted by Gasteiger charge is 1.97. The molecule has 0 heterocycles. The van der Waals surface area contributed by atoms with Crippen LogP contribution in [-0.4, -0.2) is 34.3 Å². The van der Waals surface area contributed by atoms with E-state index in [2.05, 4.69) is 16.0 Å². The molecule has 0 bridgehead atoms. The van der Waals surface area contributed by atoms with E-state index in [4.69, 9.17) is 6.42 Å². The number of nitrogens with one attached hydrogen (secondary N) is 2.